The maximum Gasteiger partial charge on any atom is 0.139 e. The van der Waals surface area contributed by atoms with Crippen LogP contribution in [0.15, 0.2) is 37.2 Å². The van der Waals surface area contributed by atoms with Crippen molar-refractivity contribution in [1.29, 1.82) is 0 Å². The van der Waals surface area contributed by atoms with Crippen LogP contribution in [0.5, 0.6) is 0 Å². The van der Waals surface area contributed by atoms with Crippen molar-refractivity contribution in [2.75, 3.05) is 31.1 Å². The zero-order valence-electron chi connectivity index (χ0n) is 12.7. The van der Waals surface area contributed by atoms with Crippen LogP contribution in [0.4, 0.5) is 5.69 Å². The maximum atomic E-state index is 4.50. The lowest BCUT2D eigenvalue weighted by Gasteiger charge is -2.21. The first-order chi connectivity index (χ1) is 11.4. The third kappa shape index (κ3) is 2.02. The van der Waals surface area contributed by atoms with Crippen LogP contribution in [-0.2, 0) is 0 Å². The second-order valence-corrected chi connectivity index (χ2v) is 6.47. The summed E-state index contributed by atoms with van der Waals surface area (Å²) in [7, 11) is 0. The number of aromatic nitrogens is 4. The number of anilines is 1. The summed E-state index contributed by atoms with van der Waals surface area (Å²) in [6, 6.07) is 2.14. The fraction of sp³-hybridized carbons (Fsp3) is 0.353. The highest BCUT2D eigenvalue weighted by Gasteiger charge is 2.36. The number of nitrogens with one attached hydrogen (secondary N) is 2. The van der Waals surface area contributed by atoms with Crippen LogP contribution in [0.1, 0.15) is 0 Å². The zero-order chi connectivity index (χ0) is 15.2. The van der Waals surface area contributed by atoms with Gasteiger partial charge in [0.1, 0.15) is 12.0 Å². The lowest BCUT2D eigenvalue weighted by atomic mass is 10.0. The molecular formula is C17H18N6. The monoisotopic (exact) mass is 306 g/mol. The molecule has 116 valence electrons. The number of aromatic amines is 1. The van der Waals surface area contributed by atoms with Crippen molar-refractivity contribution in [2.45, 2.75) is 0 Å². The first kappa shape index (κ1) is 13.0. The Morgan fingerprint density at radius 1 is 1.09 bits per heavy atom. The second-order valence-electron chi connectivity index (χ2n) is 6.47. The molecule has 0 aromatic carbocycles. The van der Waals surface area contributed by atoms with Gasteiger partial charge in [-0.15, -0.1) is 0 Å². The van der Waals surface area contributed by atoms with E-state index in [1.54, 1.807) is 6.33 Å². The molecule has 0 saturated carbocycles. The van der Waals surface area contributed by atoms with Crippen LogP contribution < -0.4 is 10.2 Å². The molecule has 2 N–H and O–H groups in total. The smallest absolute Gasteiger partial charge is 0.139 e. The minimum atomic E-state index is 0.765. The molecule has 0 aliphatic carbocycles. The number of hydrogen-bond donors (Lipinski definition) is 2. The van der Waals surface area contributed by atoms with E-state index < -0.39 is 0 Å². The van der Waals surface area contributed by atoms with Crippen LogP contribution >= 0.6 is 0 Å². The Kier molecular flexibility index (Phi) is 2.84. The maximum absolute atomic E-state index is 4.50. The van der Waals surface area contributed by atoms with Crippen molar-refractivity contribution < 1.29 is 0 Å². The van der Waals surface area contributed by atoms with Crippen molar-refractivity contribution >= 4 is 16.7 Å². The summed E-state index contributed by atoms with van der Waals surface area (Å²) >= 11 is 0. The Labute approximate surface area is 134 Å². The van der Waals surface area contributed by atoms with Gasteiger partial charge in [0.15, 0.2) is 0 Å². The summed E-state index contributed by atoms with van der Waals surface area (Å²) in [5.74, 6) is 1.53. The lowest BCUT2D eigenvalue weighted by Crippen LogP contribution is -2.25. The fourth-order valence-electron chi connectivity index (χ4n) is 4.02. The minimum absolute atomic E-state index is 0.765. The third-order valence-electron chi connectivity index (χ3n) is 5.15. The molecule has 2 aliphatic heterocycles. The Morgan fingerprint density at radius 2 is 1.87 bits per heavy atom. The van der Waals surface area contributed by atoms with Gasteiger partial charge in [0, 0.05) is 67.8 Å². The van der Waals surface area contributed by atoms with Gasteiger partial charge in [-0.3, -0.25) is 0 Å². The molecule has 3 aromatic rings. The second kappa shape index (κ2) is 5.03. The third-order valence-corrected chi connectivity index (χ3v) is 5.15. The molecule has 5 heterocycles. The molecule has 2 atom stereocenters. The van der Waals surface area contributed by atoms with Gasteiger partial charge in [-0.1, -0.05) is 0 Å². The average Bonchev–Trinajstić information content (AvgIpc) is 3.29. The van der Waals surface area contributed by atoms with Gasteiger partial charge < -0.3 is 15.2 Å². The predicted molar refractivity (Wildman–Crippen MR) is 89.2 cm³/mol. The van der Waals surface area contributed by atoms with Gasteiger partial charge in [-0.2, -0.15) is 0 Å². The van der Waals surface area contributed by atoms with Crippen LogP contribution in [0.3, 0.4) is 0 Å². The summed E-state index contributed by atoms with van der Waals surface area (Å²) in [6.45, 7) is 4.52. The van der Waals surface area contributed by atoms with Crippen molar-refractivity contribution in [3.8, 4) is 11.1 Å². The number of nitrogens with zero attached hydrogens (tertiary/aromatic N) is 4. The van der Waals surface area contributed by atoms with Crippen molar-refractivity contribution in [2.24, 2.45) is 11.8 Å². The number of rotatable bonds is 2. The van der Waals surface area contributed by atoms with E-state index in [0.29, 0.717) is 0 Å². The highest BCUT2D eigenvalue weighted by atomic mass is 15.2. The van der Waals surface area contributed by atoms with Gasteiger partial charge in [0.05, 0.1) is 5.39 Å². The molecule has 23 heavy (non-hydrogen) atoms. The van der Waals surface area contributed by atoms with Crippen LogP contribution in [0, 0.1) is 11.8 Å². The van der Waals surface area contributed by atoms with E-state index in [2.05, 4.69) is 36.2 Å². The van der Waals surface area contributed by atoms with E-state index in [-0.39, 0.29) is 0 Å². The van der Waals surface area contributed by atoms with Gasteiger partial charge in [-0.05, 0) is 17.9 Å². The molecule has 2 fully saturated rings. The Balaban J connectivity index is 1.63. The fourth-order valence-corrected chi connectivity index (χ4v) is 4.02. The van der Waals surface area contributed by atoms with Gasteiger partial charge in [0.2, 0.25) is 0 Å². The SMILES string of the molecule is c1ncc(-c2c[nH]c3nccc(N4CC5CNCC5C4)c23)cn1. The van der Waals surface area contributed by atoms with E-state index in [1.165, 1.54) is 11.1 Å². The summed E-state index contributed by atoms with van der Waals surface area (Å²) in [4.78, 5) is 18.6. The van der Waals surface area contributed by atoms with Crippen LogP contribution in [-0.4, -0.2) is 46.1 Å². The molecule has 0 spiro atoms. The summed E-state index contributed by atoms with van der Waals surface area (Å²) < 4.78 is 0. The zero-order valence-corrected chi connectivity index (χ0v) is 12.7. The molecular weight excluding hydrogens is 288 g/mol. The molecule has 2 saturated heterocycles. The van der Waals surface area contributed by atoms with Crippen LogP contribution in [0.2, 0.25) is 0 Å². The Hall–Kier alpha value is -2.47. The van der Waals surface area contributed by atoms with E-state index in [4.69, 9.17) is 0 Å². The first-order valence-electron chi connectivity index (χ1n) is 8.07. The molecule has 0 amide bonds. The Bertz CT molecular complexity index is 831. The van der Waals surface area contributed by atoms with E-state index >= 15 is 0 Å². The standard InChI is InChI=1S/C17H18N6/c1-2-21-17-16(14(7-22-17)11-3-19-10-20-4-11)15(1)23-8-12-5-18-6-13(12)9-23/h1-4,7,10,12-13,18H,5-6,8-9H2,(H,21,22). The molecule has 5 rings (SSSR count). The largest absolute Gasteiger partial charge is 0.370 e. The highest BCUT2D eigenvalue weighted by molar-refractivity contribution is 6.02. The molecule has 2 unspecified atom stereocenters. The lowest BCUT2D eigenvalue weighted by molar-refractivity contribution is 0.533. The van der Waals surface area contributed by atoms with E-state index in [0.717, 1.165) is 54.8 Å². The molecule has 6 heteroatoms. The Morgan fingerprint density at radius 3 is 2.65 bits per heavy atom. The molecule has 0 bridgehead atoms. The highest BCUT2D eigenvalue weighted by Crippen LogP contribution is 2.38. The summed E-state index contributed by atoms with van der Waals surface area (Å²) in [5.41, 5.74) is 4.34. The van der Waals surface area contributed by atoms with Gasteiger partial charge in [0.25, 0.3) is 0 Å². The van der Waals surface area contributed by atoms with E-state index in [9.17, 15) is 0 Å². The number of hydrogen-bond acceptors (Lipinski definition) is 5. The summed E-state index contributed by atoms with van der Waals surface area (Å²) in [5, 5.41) is 4.68. The van der Waals surface area contributed by atoms with Crippen LogP contribution in [0.25, 0.3) is 22.2 Å². The number of H-pyrrole nitrogens is 1. The number of fused-ring (bicyclic) bond motifs is 2. The van der Waals surface area contributed by atoms with Crippen molar-refractivity contribution in [3.63, 3.8) is 0 Å². The quantitative estimate of drug-likeness (QED) is 0.754. The van der Waals surface area contributed by atoms with Crippen molar-refractivity contribution in [3.05, 3.63) is 37.2 Å². The molecule has 6 nitrogen and oxygen atoms in total. The van der Waals surface area contributed by atoms with Gasteiger partial charge in [-0.25, -0.2) is 15.0 Å². The molecule has 3 aromatic heterocycles. The topological polar surface area (TPSA) is 69.7 Å². The van der Waals surface area contributed by atoms with Crippen molar-refractivity contribution in [1.82, 2.24) is 25.3 Å². The predicted octanol–water partition coefficient (Wildman–Crippen LogP) is 1.68. The first-order valence-corrected chi connectivity index (χ1v) is 8.07. The minimum Gasteiger partial charge on any atom is -0.370 e. The molecule has 0 radical (unpaired) electrons. The normalized spacial score (nSPS) is 23.6. The average molecular weight is 306 g/mol. The van der Waals surface area contributed by atoms with Gasteiger partial charge >= 0.3 is 0 Å². The van der Waals surface area contributed by atoms with E-state index in [1.807, 2.05) is 24.8 Å². The molecule has 2 aliphatic rings. The number of pyridine rings is 1. The summed E-state index contributed by atoms with van der Waals surface area (Å²) in [6.07, 6.45) is 9.18.